The van der Waals surface area contributed by atoms with Gasteiger partial charge in [0.05, 0.1) is 12.2 Å². The summed E-state index contributed by atoms with van der Waals surface area (Å²) in [4.78, 5) is 37.6. The second-order valence-electron chi connectivity index (χ2n) is 8.11. The van der Waals surface area contributed by atoms with Gasteiger partial charge in [0, 0.05) is 22.0 Å². The van der Waals surface area contributed by atoms with Crippen LogP contribution >= 0.6 is 11.3 Å². The average Bonchev–Trinajstić information content (AvgIpc) is 2.95. The number of allylic oxidation sites excluding steroid dienone is 1. The number of hydrogen-bond acceptors (Lipinski definition) is 7. The van der Waals surface area contributed by atoms with Crippen molar-refractivity contribution < 1.29 is 23.9 Å². The number of nitrogens with one attached hydrogen (secondary N) is 2. The lowest BCUT2D eigenvalue weighted by molar-refractivity contribution is -0.142. The highest BCUT2D eigenvalue weighted by atomic mass is 32.1. The van der Waals surface area contributed by atoms with Crippen molar-refractivity contribution in [1.82, 2.24) is 5.32 Å². The number of carbonyl (C=O) groups is 3. The maximum Gasteiger partial charge on any atom is 0.341 e. The molecule has 0 spiro atoms. The average molecular weight is 423 g/mol. The molecule has 2 rings (SSSR count). The maximum absolute atomic E-state index is 12.7. The first-order valence-corrected chi connectivity index (χ1v) is 10.6. The third-order valence-electron chi connectivity index (χ3n) is 4.41. The molecule has 1 aliphatic rings. The summed E-state index contributed by atoms with van der Waals surface area (Å²) in [6.45, 7) is 11.7. The molecule has 0 saturated carbocycles. The minimum atomic E-state index is -0.579. The molecule has 2 heterocycles. The van der Waals surface area contributed by atoms with Crippen molar-refractivity contribution in [2.45, 2.75) is 65.5 Å². The van der Waals surface area contributed by atoms with E-state index in [1.165, 1.54) is 17.4 Å². The Labute approximate surface area is 175 Å². The van der Waals surface area contributed by atoms with Crippen LogP contribution in [0, 0.1) is 0 Å². The molecule has 1 aromatic heterocycles. The molecule has 1 aromatic rings. The third-order valence-corrected chi connectivity index (χ3v) is 5.88. The van der Waals surface area contributed by atoms with E-state index in [2.05, 4.69) is 24.5 Å². The Morgan fingerprint density at radius 2 is 1.86 bits per heavy atom. The molecular formula is C21H30N2O5S. The summed E-state index contributed by atoms with van der Waals surface area (Å²) in [5, 5.41) is 6.74. The molecule has 8 heteroatoms. The highest BCUT2D eigenvalue weighted by Gasteiger charge is 2.42. The van der Waals surface area contributed by atoms with E-state index in [1.807, 2.05) is 20.8 Å². The van der Waals surface area contributed by atoms with Crippen LogP contribution in [0.2, 0.25) is 0 Å². The second kappa shape index (κ2) is 9.09. The van der Waals surface area contributed by atoms with Gasteiger partial charge >= 0.3 is 11.9 Å². The zero-order valence-electron chi connectivity index (χ0n) is 17.9. The van der Waals surface area contributed by atoms with Crippen molar-refractivity contribution in [3.63, 3.8) is 0 Å². The van der Waals surface area contributed by atoms with Gasteiger partial charge in [-0.15, -0.1) is 11.3 Å². The monoisotopic (exact) mass is 422 g/mol. The van der Waals surface area contributed by atoms with Crippen LogP contribution in [0.15, 0.2) is 12.2 Å². The van der Waals surface area contributed by atoms with E-state index in [0.717, 1.165) is 10.4 Å². The van der Waals surface area contributed by atoms with Crippen molar-refractivity contribution in [3.05, 3.63) is 28.2 Å². The standard InChI is InChI=1S/C21H30N2O5S/c1-7-9-10-15(25)28-12-14(24)22-18-16(19(26)27-8-2)13-11-20(3,4)23-21(5,6)17(13)29-18/h9-10,23H,7-8,11-12H2,1-6H3,(H,22,24)/b10-9+. The summed E-state index contributed by atoms with van der Waals surface area (Å²) in [7, 11) is 0. The van der Waals surface area contributed by atoms with Gasteiger partial charge in [-0.1, -0.05) is 13.0 Å². The van der Waals surface area contributed by atoms with Gasteiger partial charge < -0.3 is 20.1 Å². The number of anilines is 1. The van der Waals surface area contributed by atoms with Gasteiger partial charge in [-0.2, -0.15) is 0 Å². The fraction of sp³-hybridized carbons (Fsp3) is 0.571. The van der Waals surface area contributed by atoms with Crippen LogP contribution in [0.3, 0.4) is 0 Å². The van der Waals surface area contributed by atoms with Gasteiger partial charge in [0.25, 0.3) is 5.91 Å². The number of hydrogen-bond donors (Lipinski definition) is 2. The molecule has 2 N–H and O–H groups in total. The van der Waals surface area contributed by atoms with E-state index in [1.54, 1.807) is 13.0 Å². The Morgan fingerprint density at radius 1 is 1.17 bits per heavy atom. The fourth-order valence-corrected chi connectivity index (χ4v) is 4.88. The Hall–Kier alpha value is -2.19. The van der Waals surface area contributed by atoms with Gasteiger partial charge in [0.1, 0.15) is 5.00 Å². The van der Waals surface area contributed by atoms with E-state index >= 15 is 0 Å². The zero-order valence-corrected chi connectivity index (χ0v) is 18.7. The van der Waals surface area contributed by atoms with E-state index in [9.17, 15) is 14.4 Å². The quantitative estimate of drug-likeness (QED) is 0.516. The van der Waals surface area contributed by atoms with Crippen LogP contribution in [0.1, 0.15) is 68.8 Å². The predicted molar refractivity (Wildman–Crippen MR) is 113 cm³/mol. The number of esters is 2. The molecule has 29 heavy (non-hydrogen) atoms. The van der Waals surface area contributed by atoms with E-state index < -0.39 is 24.5 Å². The molecule has 0 aromatic carbocycles. The molecule has 0 aliphatic carbocycles. The molecule has 160 valence electrons. The molecule has 0 unspecified atom stereocenters. The Morgan fingerprint density at radius 3 is 2.48 bits per heavy atom. The summed E-state index contributed by atoms with van der Waals surface area (Å²) in [6.07, 6.45) is 4.27. The predicted octanol–water partition coefficient (Wildman–Crippen LogP) is 3.53. The molecule has 0 bridgehead atoms. The highest BCUT2D eigenvalue weighted by molar-refractivity contribution is 7.17. The zero-order chi connectivity index (χ0) is 21.8. The minimum absolute atomic E-state index is 0.221. The van der Waals surface area contributed by atoms with Crippen LogP contribution in [0.25, 0.3) is 0 Å². The summed E-state index contributed by atoms with van der Waals surface area (Å²) in [6, 6.07) is 0. The van der Waals surface area contributed by atoms with Crippen LogP contribution in [0.4, 0.5) is 5.00 Å². The van der Waals surface area contributed by atoms with Crippen molar-refractivity contribution >= 4 is 34.2 Å². The van der Waals surface area contributed by atoms with Crippen molar-refractivity contribution in [1.29, 1.82) is 0 Å². The Balaban J connectivity index is 2.31. The maximum atomic E-state index is 12.7. The molecule has 7 nitrogen and oxygen atoms in total. The van der Waals surface area contributed by atoms with Crippen molar-refractivity contribution in [2.24, 2.45) is 0 Å². The minimum Gasteiger partial charge on any atom is -0.462 e. The number of amides is 1. The van der Waals surface area contributed by atoms with Gasteiger partial charge in [-0.3, -0.25) is 4.79 Å². The molecule has 0 fully saturated rings. The smallest absolute Gasteiger partial charge is 0.341 e. The van der Waals surface area contributed by atoms with Gasteiger partial charge in [-0.25, -0.2) is 9.59 Å². The lowest BCUT2D eigenvalue weighted by Crippen LogP contribution is -2.55. The first kappa shape index (κ1) is 23.1. The van der Waals surface area contributed by atoms with Gasteiger partial charge in [0.2, 0.25) is 0 Å². The van der Waals surface area contributed by atoms with Crippen molar-refractivity contribution in [3.8, 4) is 0 Å². The number of rotatable bonds is 7. The summed E-state index contributed by atoms with van der Waals surface area (Å²) in [5.74, 6) is -1.54. The van der Waals surface area contributed by atoms with E-state index in [-0.39, 0.29) is 17.7 Å². The molecule has 1 amide bonds. The van der Waals surface area contributed by atoms with Gasteiger partial charge in [-0.05, 0) is 53.0 Å². The van der Waals surface area contributed by atoms with Crippen LogP contribution in [-0.2, 0) is 31.0 Å². The SMILES string of the molecule is CC/C=C/C(=O)OCC(=O)Nc1sc2c(c1C(=O)OCC)CC(C)(C)NC2(C)C. The second-order valence-corrected chi connectivity index (χ2v) is 9.13. The first-order chi connectivity index (χ1) is 13.5. The largest absolute Gasteiger partial charge is 0.462 e. The Kier molecular flexibility index (Phi) is 7.24. The number of ether oxygens (including phenoxy) is 2. The van der Waals surface area contributed by atoms with E-state index in [0.29, 0.717) is 23.4 Å². The lowest BCUT2D eigenvalue weighted by Gasteiger charge is -2.42. The Bertz CT molecular complexity index is 823. The van der Waals surface area contributed by atoms with Crippen LogP contribution < -0.4 is 10.6 Å². The molecule has 1 aliphatic heterocycles. The summed E-state index contributed by atoms with van der Waals surface area (Å²) < 4.78 is 10.2. The summed E-state index contributed by atoms with van der Waals surface area (Å²) in [5.41, 5.74) is 0.686. The highest BCUT2D eigenvalue weighted by Crippen LogP contribution is 2.45. The first-order valence-electron chi connectivity index (χ1n) is 9.76. The van der Waals surface area contributed by atoms with Crippen LogP contribution in [-0.4, -0.2) is 36.6 Å². The molecular weight excluding hydrogens is 392 g/mol. The van der Waals surface area contributed by atoms with Crippen molar-refractivity contribution in [2.75, 3.05) is 18.5 Å². The third kappa shape index (κ3) is 5.67. The number of carbonyl (C=O) groups excluding carboxylic acids is 3. The molecule has 0 atom stereocenters. The molecule has 0 saturated heterocycles. The van der Waals surface area contributed by atoms with Gasteiger partial charge in [0.15, 0.2) is 6.61 Å². The number of fused-ring (bicyclic) bond motifs is 1. The summed E-state index contributed by atoms with van der Waals surface area (Å²) >= 11 is 1.35. The molecule has 0 radical (unpaired) electrons. The normalized spacial score (nSPS) is 16.9. The number of thiophene rings is 1. The fourth-order valence-electron chi connectivity index (χ4n) is 3.60. The lowest BCUT2D eigenvalue weighted by atomic mass is 9.81. The topological polar surface area (TPSA) is 93.7 Å². The van der Waals surface area contributed by atoms with E-state index in [4.69, 9.17) is 9.47 Å². The van der Waals surface area contributed by atoms with Crippen LogP contribution in [0.5, 0.6) is 0 Å².